The van der Waals surface area contributed by atoms with E-state index in [1.165, 1.54) is 0 Å². The molecule has 1 unspecified atom stereocenters. The van der Waals surface area contributed by atoms with Crippen molar-refractivity contribution in [1.82, 2.24) is 4.98 Å². The van der Waals surface area contributed by atoms with E-state index in [1.807, 2.05) is 42.6 Å². The van der Waals surface area contributed by atoms with Gasteiger partial charge in [-0.1, -0.05) is 31.2 Å². The standard InChI is InChI=1S/C14H12N2OS/c1-10(14(17)6-7-15)11-2-4-12(5-3-11)13-8-18-9-16-13/h2-5,8-10H,6H2,1H3. The fraction of sp³-hybridized carbons (Fsp3) is 0.214. The zero-order valence-corrected chi connectivity index (χ0v) is 10.8. The van der Waals surface area contributed by atoms with Gasteiger partial charge in [-0.05, 0) is 5.56 Å². The van der Waals surface area contributed by atoms with Crippen LogP contribution in [0.5, 0.6) is 0 Å². The number of nitrogens with zero attached hydrogens (tertiary/aromatic N) is 2. The van der Waals surface area contributed by atoms with Crippen molar-refractivity contribution < 1.29 is 4.79 Å². The molecular weight excluding hydrogens is 244 g/mol. The molecule has 90 valence electrons. The number of nitriles is 1. The third kappa shape index (κ3) is 2.63. The van der Waals surface area contributed by atoms with Crippen molar-refractivity contribution in [3.63, 3.8) is 0 Å². The van der Waals surface area contributed by atoms with Crippen molar-refractivity contribution in [3.05, 3.63) is 40.7 Å². The highest BCUT2D eigenvalue weighted by Gasteiger charge is 2.14. The van der Waals surface area contributed by atoms with Gasteiger partial charge in [-0.2, -0.15) is 5.26 Å². The predicted molar refractivity (Wildman–Crippen MR) is 71.2 cm³/mol. The van der Waals surface area contributed by atoms with E-state index in [1.54, 1.807) is 16.8 Å². The molecule has 0 fully saturated rings. The smallest absolute Gasteiger partial charge is 0.154 e. The Labute approximate surface area is 110 Å². The topological polar surface area (TPSA) is 53.8 Å². The Bertz CT molecular complexity index is 567. The summed E-state index contributed by atoms with van der Waals surface area (Å²) in [4.78, 5) is 15.9. The van der Waals surface area contributed by atoms with Crippen LogP contribution in [0.4, 0.5) is 0 Å². The molecule has 4 heteroatoms. The molecule has 1 atom stereocenters. The van der Waals surface area contributed by atoms with E-state index in [4.69, 9.17) is 5.26 Å². The van der Waals surface area contributed by atoms with Crippen molar-refractivity contribution in [1.29, 1.82) is 5.26 Å². The lowest BCUT2D eigenvalue weighted by Crippen LogP contribution is -2.07. The van der Waals surface area contributed by atoms with Gasteiger partial charge in [-0.15, -0.1) is 11.3 Å². The van der Waals surface area contributed by atoms with Gasteiger partial charge in [0.2, 0.25) is 0 Å². The van der Waals surface area contributed by atoms with Gasteiger partial charge >= 0.3 is 0 Å². The lowest BCUT2D eigenvalue weighted by molar-refractivity contribution is -0.119. The average molecular weight is 256 g/mol. The molecular formula is C14H12N2OS. The summed E-state index contributed by atoms with van der Waals surface area (Å²) < 4.78 is 0. The minimum absolute atomic E-state index is 0.0327. The highest BCUT2D eigenvalue weighted by Crippen LogP contribution is 2.23. The molecule has 0 saturated heterocycles. The summed E-state index contributed by atoms with van der Waals surface area (Å²) in [5.74, 6) is -0.270. The Morgan fingerprint density at radius 1 is 1.44 bits per heavy atom. The number of benzene rings is 1. The first-order valence-corrected chi connectivity index (χ1v) is 6.55. The zero-order valence-electron chi connectivity index (χ0n) is 9.96. The first-order valence-electron chi connectivity index (χ1n) is 5.60. The second-order valence-corrected chi connectivity index (χ2v) is 4.74. The maximum absolute atomic E-state index is 11.6. The van der Waals surface area contributed by atoms with E-state index in [2.05, 4.69) is 4.98 Å². The number of hydrogen-bond donors (Lipinski definition) is 0. The van der Waals surface area contributed by atoms with Gasteiger partial charge < -0.3 is 0 Å². The highest BCUT2D eigenvalue weighted by atomic mass is 32.1. The van der Waals surface area contributed by atoms with Crippen LogP contribution in [0.25, 0.3) is 11.3 Å². The Kier molecular flexibility index (Phi) is 3.85. The third-order valence-electron chi connectivity index (χ3n) is 2.88. The van der Waals surface area contributed by atoms with E-state index in [-0.39, 0.29) is 18.1 Å². The first-order chi connectivity index (χ1) is 8.72. The number of carbonyl (C=O) groups excluding carboxylic acids is 1. The fourth-order valence-corrected chi connectivity index (χ4v) is 2.28. The van der Waals surface area contributed by atoms with Crippen LogP contribution < -0.4 is 0 Å². The number of thiazole rings is 1. The molecule has 1 heterocycles. The molecule has 0 aliphatic carbocycles. The van der Waals surface area contributed by atoms with Gasteiger partial charge in [-0.25, -0.2) is 4.98 Å². The molecule has 0 spiro atoms. The largest absolute Gasteiger partial charge is 0.298 e. The van der Waals surface area contributed by atoms with Crippen molar-refractivity contribution in [2.45, 2.75) is 19.3 Å². The van der Waals surface area contributed by atoms with Gasteiger partial charge in [0.1, 0.15) is 0 Å². The maximum atomic E-state index is 11.6. The number of ketones is 1. The van der Waals surface area contributed by atoms with E-state index >= 15 is 0 Å². The normalized spacial score (nSPS) is 11.8. The van der Waals surface area contributed by atoms with Crippen molar-refractivity contribution >= 4 is 17.1 Å². The summed E-state index contributed by atoms with van der Waals surface area (Å²) >= 11 is 1.56. The van der Waals surface area contributed by atoms with Gasteiger partial charge in [0, 0.05) is 16.9 Å². The molecule has 0 aliphatic rings. The molecule has 0 radical (unpaired) electrons. The van der Waals surface area contributed by atoms with Gasteiger partial charge in [0.05, 0.1) is 23.7 Å². The lowest BCUT2D eigenvalue weighted by atomic mass is 9.94. The minimum Gasteiger partial charge on any atom is -0.298 e. The molecule has 0 saturated carbocycles. The average Bonchev–Trinajstić information content (AvgIpc) is 2.92. The number of carbonyl (C=O) groups is 1. The summed E-state index contributed by atoms with van der Waals surface area (Å²) in [6.45, 7) is 1.83. The summed E-state index contributed by atoms with van der Waals surface area (Å²) in [5.41, 5.74) is 4.72. The van der Waals surface area contributed by atoms with E-state index in [0.717, 1.165) is 16.8 Å². The van der Waals surface area contributed by atoms with Crippen LogP contribution >= 0.6 is 11.3 Å². The monoisotopic (exact) mass is 256 g/mol. The quantitative estimate of drug-likeness (QED) is 0.842. The van der Waals surface area contributed by atoms with Gasteiger partial charge in [-0.3, -0.25) is 4.79 Å². The predicted octanol–water partition coefficient (Wildman–Crippen LogP) is 3.40. The molecule has 1 aromatic heterocycles. The summed E-state index contributed by atoms with van der Waals surface area (Å²) in [7, 11) is 0. The molecule has 0 amide bonds. The number of aromatic nitrogens is 1. The second-order valence-electron chi connectivity index (χ2n) is 4.02. The molecule has 2 rings (SSSR count). The molecule has 1 aromatic carbocycles. The SMILES string of the molecule is CC(C(=O)CC#N)c1ccc(-c2cscn2)cc1. The Balaban J connectivity index is 2.18. The van der Waals surface area contributed by atoms with Crippen LogP contribution in [0.1, 0.15) is 24.8 Å². The molecule has 2 aromatic rings. The van der Waals surface area contributed by atoms with Crippen molar-refractivity contribution in [2.24, 2.45) is 0 Å². The Hall–Kier alpha value is -1.99. The Morgan fingerprint density at radius 3 is 2.72 bits per heavy atom. The molecule has 0 aliphatic heterocycles. The third-order valence-corrected chi connectivity index (χ3v) is 3.46. The van der Waals surface area contributed by atoms with Crippen LogP contribution in [-0.4, -0.2) is 10.8 Å². The molecule has 0 bridgehead atoms. The number of Topliss-reactive ketones (excluding diaryl/α,β-unsaturated/α-hetero) is 1. The molecule has 18 heavy (non-hydrogen) atoms. The van der Waals surface area contributed by atoms with E-state index in [9.17, 15) is 4.79 Å². The zero-order chi connectivity index (χ0) is 13.0. The second kappa shape index (κ2) is 5.56. The van der Waals surface area contributed by atoms with Gasteiger partial charge in [0.15, 0.2) is 5.78 Å². The molecule has 0 N–H and O–H groups in total. The van der Waals surface area contributed by atoms with Crippen molar-refractivity contribution in [3.8, 4) is 17.3 Å². The van der Waals surface area contributed by atoms with Gasteiger partial charge in [0.25, 0.3) is 0 Å². The van der Waals surface area contributed by atoms with Crippen LogP contribution in [0.2, 0.25) is 0 Å². The summed E-state index contributed by atoms with van der Waals surface area (Å²) in [6, 6.07) is 9.66. The van der Waals surface area contributed by atoms with Crippen LogP contribution in [-0.2, 0) is 4.79 Å². The first kappa shape index (κ1) is 12.5. The lowest BCUT2D eigenvalue weighted by Gasteiger charge is -2.09. The Morgan fingerprint density at radius 2 is 2.17 bits per heavy atom. The van der Waals surface area contributed by atoms with Crippen molar-refractivity contribution in [2.75, 3.05) is 0 Å². The highest BCUT2D eigenvalue weighted by molar-refractivity contribution is 7.07. The van der Waals surface area contributed by atoms with E-state index in [0.29, 0.717) is 0 Å². The van der Waals surface area contributed by atoms with Crippen LogP contribution in [0.3, 0.4) is 0 Å². The van der Waals surface area contributed by atoms with Crippen LogP contribution in [0.15, 0.2) is 35.2 Å². The molecule has 3 nitrogen and oxygen atoms in total. The fourth-order valence-electron chi connectivity index (χ4n) is 1.71. The minimum atomic E-state index is -0.228. The maximum Gasteiger partial charge on any atom is 0.154 e. The van der Waals surface area contributed by atoms with Crippen LogP contribution in [0, 0.1) is 11.3 Å². The summed E-state index contributed by atoms with van der Waals surface area (Å²) in [6.07, 6.45) is -0.0327. The number of hydrogen-bond acceptors (Lipinski definition) is 4. The number of rotatable bonds is 4. The van der Waals surface area contributed by atoms with E-state index < -0.39 is 0 Å². The summed E-state index contributed by atoms with van der Waals surface area (Å²) in [5, 5.41) is 10.5.